The Kier molecular flexibility index (Phi) is 5.49. The van der Waals surface area contributed by atoms with Crippen LogP contribution in [0.4, 0.5) is 5.69 Å². The third kappa shape index (κ3) is 4.56. The van der Waals surface area contributed by atoms with E-state index in [-0.39, 0.29) is 17.1 Å². The standard InChI is InChI=1S/C17H18N2O2S/c1-12(2)21-15-11-7-6-10-14(15)18-17(22)19-16(20)13-8-4-3-5-9-13/h3-12H,1-2H3,(H2,18,19,20,22). The molecule has 4 nitrogen and oxygen atoms in total. The molecule has 0 fully saturated rings. The molecular formula is C17H18N2O2S. The number of anilines is 1. The van der Waals surface area contributed by atoms with E-state index in [9.17, 15) is 4.79 Å². The fraction of sp³-hybridized carbons (Fsp3) is 0.176. The van der Waals surface area contributed by atoms with Crippen molar-refractivity contribution in [1.29, 1.82) is 0 Å². The fourth-order valence-electron chi connectivity index (χ4n) is 1.84. The zero-order chi connectivity index (χ0) is 15.9. The lowest BCUT2D eigenvalue weighted by Crippen LogP contribution is -2.34. The lowest BCUT2D eigenvalue weighted by molar-refractivity contribution is 0.0977. The van der Waals surface area contributed by atoms with Crippen LogP contribution >= 0.6 is 12.2 Å². The summed E-state index contributed by atoms with van der Waals surface area (Å²) in [6.45, 7) is 3.90. The maximum Gasteiger partial charge on any atom is 0.257 e. The highest BCUT2D eigenvalue weighted by atomic mass is 32.1. The van der Waals surface area contributed by atoms with Gasteiger partial charge in [0.2, 0.25) is 0 Å². The van der Waals surface area contributed by atoms with Crippen molar-refractivity contribution in [1.82, 2.24) is 5.32 Å². The van der Waals surface area contributed by atoms with Crippen LogP contribution in [-0.2, 0) is 0 Å². The quantitative estimate of drug-likeness (QED) is 0.847. The summed E-state index contributed by atoms with van der Waals surface area (Å²) in [6.07, 6.45) is 0.0513. The molecule has 0 radical (unpaired) electrons. The molecule has 5 heteroatoms. The van der Waals surface area contributed by atoms with Gasteiger partial charge in [-0.3, -0.25) is 10.1 Å². The Labute approximate surface area is 135 Å². The summed E-state index contributed by atoms with van der Waals surface area (Å²) < 4.78 is 5.70. The second kappa shape index (κ2) is 7.56. The molecule has 0 atom stereocenters. The molecule has 0 aliphatic heterocycles. The van der Waals surface area contributed by atoms with Gasteiger partial charge in [-0.05, 0) is 50.3 Å². The van der Waals surface area contributed by atoms with Gasteiger partial charge >= 0.3 is 0 Å². The maximum absolute atomic E-state index is 12.0. The van der Waals surface area contributed by atoms with Crippen LogP contribution in [0, 0.1) is 0 Å². The highest BCUT2D eigenvalue weighted by Crippen LogP contribution is 2.24. The predicted molar refractivity (Wildman–Crippen MR) is 92.3 cm³/mol. The third-order valence-corrected chi connectivity index (χ3v) is 2.97. The molecule has 0 unspecified atom stereocenters. The van der Waals surface area contributed by atoms with E-state index >= 15 is 0 Å². The number of rotatable bonds is 4. The van der Waals surface area contributed by atoms with Gasteiger partial charge in [0.05, 0.1) is 11.8 Å². The van der Waals surface area contributed by atoms with Crippen molar-refractivity contribution >= 4 is 28.9 Å². The number of carbonyl (C=O) groups excluding carboxylic acids is 1. The number of amides is 1. The van der Waals surface area contributed by atoms with E-state index in [0.717, 1.165) is 5.69 Å². The SMILES string of the molecule is CC(C)Oc1ccccc1NC(=S)NC(=O)c1ccccc1. The van der Waals surface area contributed by atoms with Crippen LogP contribution in [0.1, 0.15) is 24.2 Å². The summed E-state index contributed by atoms with van der Waals surface area (Å²) in [5, 5.41) is 5.87. The van der Waals surface area contributed by atoms with Crippen LogP contribution in [0.5, 0.6) is 5.75 Å². The first-order valence-electron chi connectivity index (χ1n) is 6.99. The number of carbonyl (C=O) groups is 1. The minimum Gasteiger partial charge on any atom is -0.489 e. The van der Waals surface area contributed by atoms with Crippen LogP contribution in [0.15, 0.2) is 54.6 Å². The molecular weight excluding hydrogens is 296 g/mol. The van der Waals surface area contributed by atoms with Crippen LogP contribution in [0.2, 0.25) is 0 Å². The van der Waals surface area contributed by atoms with Crippen LogP contribution in [0.25, 0.3) is 0 Å². The lowest BCUT2D eigenvalue weighted by atomic mass is 10.2. The molecule has 0 bridgehead atoms. The molecule has 2 N–H and O–H groups in total. The number of ether oxygens (including phenoxy) is 1. The van der Waals surface area contributed by atoms with E-state index in [4.69, 9.17) is 17.0 Å². The Hall–Kier alpha value is -2.40. The number of thiocarbonyl (C=S) groups is 1. The number of nitrogens with one attached hydrogen (secondary N) is 2. The number of hydrogen-bond donors (Lipinski definition) is 2. The topological polar surface area (TPSA) is 50.4 Å². The van der Waals surface area contributed by atoms with Gasteiger partial charge in [-0.1, -0.05) is 30.3 Å². The molecule has 0 aromatic heterocycles. The Balaban J connectivity index is 2.02. The molecule has 1 amide bonds. The van der Waals surface area contributed by atoms with Crippen molar-refractivity contribution in [3.05, 3.63) is 60.2 Å². The molecule has 114 valence electrons. The van der Waals surface area contributed by atoms with Crippen molar-refractivity contribution in [2.75, 3.05) is 5.32 Å². The zero-order valence-corrected chi connectivity index (χ0v) is 13.3. The van der Waals surface area contributed by atoms with Gasteiger partial charge in [-0.15, -0.1) is 0 Å². The first kappa shape index (κ1) is 16.0. The summed E-state index contributed by atoms with van der Waals surface area (Å²) in [5.74, 6) is 0.439. The summed E-state index contributed by atoms with van der Waals surface area (Å²) in [6, 6.07) is 16.4. The molecule has 2 aromatic carbocycles. The molecule has 2 aromatic rings. The first-order chi connectivity index (χ1) is 10.6. The number of benzene rings is 2. The molecule has 0 saturated heterocycles. The average molecular weight is 314 g/mol. The van der Waals surface area contributed by atoms with Gasteiger partial charge < -0.3 is 10.1 Å². The van der Waals surface area contributed by atoms with Crippen molar-refractivity contribution < 1.29 is 9.53 Å². The smallest absolute Gasteiger partial charge is 0.257 e. The molecule has 0 spiro atoms. The highest BCUT2D eigenvalue weighted by molar-refractivity contribution is 7.80. The second-order valence-electron chi connectivity index (χ2n) is 4.94. The van der Waals surface area contributed by atoms with Crippen molar-refractivity contribution in [2.45, 2.75) is 20.0 Å². The monoisotopic (exact) mass is 314 g/mol. The van der Waals surface area contributed by atoms with Gasteiger partial charge in [0, 0.05) is 5.56 Å². The number of hydrogen-bond acceptors (Lipinski definition) is 3. The van der Waals surface area contributed by atoms with Crippen molar-refractivity contribution in [3.63, 3.8) is 0 Å². The van der Waals surface area contributed by atoms with E-state index in [0.29, 0.717) is 11.3 Å². The van der Waals surface area contributed by atoms with E-state index in [2.05, 4.69) is 10.6 Å². The molecule has 0 aliphatic rings. The molecule has 0 saturated carbocycles. The highest BCUT2D eigenvalue weighted by Gasteiger charge is 2.10. The van der Waals surface area contributed by atoms with Gasteiger partial charge in [0.15, 0.2) is 5.11 Å². The minimum absolute atomic E-state index is 0.0513. The van der Waals surface area contributed by atoms with Crippen LogP contribution < -0.4 is 15.4 Å². The Morgan fingerprint density at radius 2 is 1.68 bits per heavy atom. The third-order valence-electron chi connectivity index (χ3n) is 2.76. The largest absolute Gasteiger partial charge is 0.489 e. The molecule has 0 heterocycles. The summed E-state index contributed by atoms with van der Waals surface area (Å²) in [4.78, 5) is 12.0. The fourth-order valence-corrected chi connectivity index (χ4v) is 2.05. The van der Waals surface area contributed by atoms with Gasteiger partial charge in [0.25, 0.3) is 5.91 Å². The lowest BCUT2D eigenvalue weighted by Gasteiger charge is -2.16. The van der Waals surface area contributed by atoms with Crippen LogP contribution in [0.3, 0.4) is 0 Å². The van der Waals surface area contributed by atoms with E-state index in [1.54, 1.807) is 24.3 Å². The average Bonchev–Trinajstić information content (AvgIpc) is 2.49. The molecule has 22 heavy (non-hydrogen) atoms. The summed E-state index contributed by atoms with van der Waals surface area (Å²) in [7, 11) is 0. The molecule has 0 aliphatic carbocycles. The van der Waals surface area contributed by atoms with Crippen LogP contribution in [-0.4, -0.2) is 17.1 Å². The van der Waals surface area contributed by atoms with E-state index in [1.807, 2.05) is 44.2 Å². The van der Waals surface area contributed by atoms with E-state index < -0.39 is 0 Å². The number of para-hydroxylation sites is 2. The predicted octanol–water partition coefficient (Wildman–Crippen LogP) is 3.60. The second-order valence-corrected chi connectivity index (χ2v) is 5.35. The Morgan fingerprint density at radius 3 is 2.36 bits per heavy atom. The van der Waals surface area contributed by atoms with Crippen molar-refractivity contribution in [3.8, 4) is 5.75 Å². The maximum atomic E-state index is 12.0. The normalized spacial score (nSPS) is 10.1. The van der Waals surface area contributed by atoms with E-state index in [1.165, 1.54) is 0 Å². The van der Waals surface area contributed by atoms with Gasteiger partial charge in [-0.25, -0.2) is 0 Å². The Morgan fingerprint density at radius 1 is 1.05 bits per heavy atom. The molecule has 2 rings (SSSR count). The van der Waals surface area contributed by atoms with Crippen molar-refractivity contribution in [2.24, 2.45) is 0 Å². The van der Waals surface area contributed by atoms with Gasteiger partial charge in [0.1, 0.15) is 5.75 Å². The minimum atomic E-state index is -0.250. The first-order valence-corrected chi connectivity index (χ1v) is 7.40. The summed E-state index contributed by atoms with van der Waals surface area (Å²) in [5.41, 5.74) is 1.27. The van der Waals surface area contributed by atoms with Gasteiger partial charge in [-0.2, -0.15) is 0 Å². The zero-order valence-electron chi connectivity index (χ0n) is 12.5. The summed E-state index contributed by atoms with van der Waals surface area (Å²) >= 11 is 5.19. The Bertz CT molecular complexity index is 657.